The van der Waals surface area contributed by atoms with Crippen molar-refractivity contribution < 1.29 is 28.3 Å². The van der Waals surface area contributed by atoms with Crippen molar-refractivity contribution in [3.8, 4) is 0 Å². The molecule has 0 atom stereocenters. The lowest BCUT2D eigenvalue weighted by Crippen LogP contribution is -2.38. The van der Waals surface area contributed by atoms with Gasteiger partial charge in [0.05, 0.1) is 22.4 Å². The summed E-state index contributed by atoms with van der Waals surface area (Å²) in [5.41, 5.74) is 0.507. The number of piperidine rings is 1. The lowest BCUT2D eigenvalue weighted by atomic mass is 10.1. The number of esters is 1. The summed E-state index contributed by atoms with van der Waals surface area (Å²) in [7, 11) is 0. The first-order valence-corrected chi connectivity index (χ1v) is 9.69. The molecule has 2 aromatic carbocycles. The maximum Gasteiger partial charge on any atom is 0.338 e. The van der Waals surface area contributed by atoms with Crippen LogP contribution in [0.5, 0.6) is 0 Å². The molecule has 2 aliphatic rings. The smallest absolute Gasteiger partial charge is 0.338 e. The van der Waals surface area contributed by atoms with Crippen molar-refractivity contribution in [2.24, 2.45) is 0 Å². The van der Waals surface area contributed by atoms with Crippen LogP contribution < -0.4 is 4.90 Å². The van der Waals surface area contributed by atoms with Crippen LogP contribution in [0.4, 0.5) is 10.1 Å². The molecular weight excluding hydrogens is 391 g/mol. The molecule has 0 N–H and O–H groups in total. The van der Waals surface area contributed by atoms with Gasteiger partial charge in [-0.3, -0.25) is 14.4 Å². The molecule has 0 unspecified atom stereocenters. The quantitative estimate of drug-likeness (QED) is 0.572. The van der Waals surface area contributed by atoms with Crippen molar-refractivity contribution >= 4 is 29.4 Å². The lowest BCUT2D eigenvalue weighted by Gasteiger charge is -2.26. The first kappa shape index (κ1) is 19.8. The molecule has 2 heterocycles. The van der Waals surface area contributed by atoms with Crippen LogP contribution in [-0.4, -0.2) is 48.3 Å². The number of fused-ring (bicyclic) bond motifs is 1. The van der Waals surface area contributed by atoms with Gasteiger partial charge in [0.25, 0.3) is 17.7 Å². The number of carbonyl (C=O) groups excluding carboxylic acids is 4. The van der Waals surface area contributed by atoms with E-state index < -0.39 is 23.6 Å². The maximum absolute atomic E-state index is 13.2. The van der Waals surface area contributed by atoms with E-state index in [2.05, 4.69) is 0 Å². The minimum Gasteiger partial charge on any atom is -0.452 e. The first-order valence-electron chi connectivity index (χ1n) is 9.69. The van der Waals surface area contributed by atoms with Crippen molar-refractivity contribution in [1.29, 1.82) is 0 Å². The van der Waals surface area contributed by atoms with E-state index >= 15 is 0 Å². The molecular formula is C22H19FN2O5. The number of nitrogens with zero attached hydrogens (tertiary/aromatic N) is 2. The van der Waals surface area contributed by atoms with Crippen molar-refractivity contribution in [1.82, 2.24) is 4.90 Å². The first-order chi connectivity index (χ1) is 14.5. The molecule has 7 nitrogen and oxygen atoms in total. The molecule has 0 aliphatic carbocycles. The van der Waals surface area contributed by atoms with Gasteiger partial charge in [-0.1, -0.05) is 0 Å². The highest BCUT2D eigenvalue weighted by molar-refractivity contribution is 6.34. The summed E-state index contributed by atoms with van der Waals surface area (Å²) in [5, 5.41) is 0. The number of carbonyl (C=O) groups is 4. The number of amides is 3. The minimum atomic E-state index is -0.747. The van der Waals surface area contributed by atoms with Crippen LogP contribution in [0.1, 0.15) is 50.3 Å². The van der Waals surface area contributed by atoms with Crippen LogP contribution in [-0.2, 0) is 9.53 Å². The lowest BCUT2D eigenvalue weighted by molar-refractivity contribution is -0.135. The second-order valence-electron chi connectivity index (χ2n) is 7.20. The van der Waals surface area contributed by atoms with Gasteiger partial charge in [0.1, 0.15) is 5.82 Å². The van der Waals surface area contributed by atoms with Crippen LogP contribution in [0, 0.1) is 5.82 Å². The predicted octanol–water partition coefficient (Wildman–Crippen LogP) is 2.80. The van der Waals surface area contributed by atoms with Crippen LogP contribution in [0.3, 0.4) is 0 Å². The molecule has 0 aromatic heterocycles. The van der Waals surface area contributed by atoms with Crippen molar-refractivity contribution in [3.63, 3.8) is 0 Å². The van der Waals surface area contributed by atoms with E-state index in [9.17, 15) is 23.6 Å². The van der Waals surface area contributed by atoms with Gasteiger partial charge in [0.2, 0.25) is 0 Å². The molecule has 154 valence electrons. The predicted molar refractivity (Wildman–Crippen MR) is 105 cm³/mol. The second-order valence-corrected chi connectivity index (χ2v) is 7.20. The Morgan fingerprint density at radius 2 is 1.57 bits per heavy atom. The van der Waals surface area contributed by atoms with E-state index in [4.69, 9.17) is 4.74 Å². The third-order valence-corrected chi connectivity index (χ3v) is 5.24. The van der Waals surface area contributed by atoms with Crippen molar-refractivity contribution in [3.05, 3.63) is 65.0 Å². The van der Waals surface area contributed by atoms with E-state index in [0.29, 0.717) is 13.1 Å². The maximum atomic E-state index is 13.2. The SMILES string of the molecule is O=C(OCC(=O)N1CCCCC1)c1ccc2c(c1)C(=O)N(c1ccc(F)cc1)C2=O. The van der Waals surface area contributed by atoms with Crippen molar-refractivity contribution in [2.75, 3.05) is 24.6 Å². The average molecular weight is 410 g/mol. The molecule has 0 bridgehead atoms. The van der Waals surface area contributed by atoms with Gasteiger partial charge in [0, 0.05) is 13.1 Å². The fraction of sp³-hybridized carbons (Fsp3) is 0.273. The van der Waals surface area contributed by atoms with Crippen LogP contribution in [0.15, 0.2) is 42.5 Å². The highest BCUT2D eigenvalue weighted by atomic mass is 19.1. The molecule has 0 spiro atoms. The molecule has 30 heavy (non-hydrogen) atoms. The van der Waals surface area contributed by atoms with Gasteiger partial charge < -0.3 is 9.64 Å². The highest BCUT2D eigenvalue weighted by Gasteiger charge is 2.37. The number of anilines is 1. The van der Waals surface area contributed by atoms with Crippen molar-refractivity contribution in [2.45, 2.75) is 19.3 Å². The highest BCUT2D eigenvalue weighted by Crippen LogP contribution is 2.29. The Morgan fingerprint density at radius 3 is 2.27 bits per heavy atom. The number of ether oxygens (including phenoxy) is 1. The fourth-order valence-corrected chi connectivity index (χ4v) is 3.64. The molecule has 2 aromatic rings. The van der Waals surface area contributed by atoms with Crippen LogP contribution in [0.2, 0.25) is 0 Å². The molecule has 1 saturated heterocycles. The largest absolute Gasteiger partial charge is 0.452 e. The Bertz CT molecular complexity index is 1030. The second kappa shape index (κ2) is 8.06. The van der Waals surface area contributed by atoms with Gasteiger partial charge in [-0.15, -0.1) is 0 Å². The summed E-state index contributed by atoms with van der Waals surface area (Å²) < 4.78 is 18.3. The number of hydrogen-bond donors (Lipinski definition) is 0. The van der Waals surface area contributed by atoms with E-state index in [1.165, 1.54) is 30.3 Å². The van der Waals surface area contributed by atoms with Crippen LogP contribution >= 0.6 is 0 Å². The van der Waals surface area contributed by atoms with Gasteiger partial charge in [0.15, 0.2) is 6.61 Å². The summed E-state index contributed by atoms with van der Waals surface area (Å²) in [5.74, 6) is -2.65. The Hall–Kier alpha value is -3.55. The van der Waals surface area contributed by atoms with Gasteiger partial charge in [-0.05, 0) is 61.7 Å². The van der Waals surface area contributed by atoms with Crippen LogP contribution in [0.25, 0.3) is 0 Å². The average Bonchev–Trinajstić information content (AvgIpc) is 3.02. The zero-order chi connectivity index (χ0) is 21.3. The standard InChI is InChI=1S/C22H19FN2O5/c23-15-5-7-16(8-6-15)25-20(27)17-9-4-14(12-18(17)21(25)28)22(29)30-13-19(26)24-10-2-1-3-11-24/h4-9,12H,1-3,10-11,13H2. The molecule has 0 saturated carbocycles. The Morgan fingerprint density at radius 1 is 0.900 bits per heavy atom. The molecule has 1 fully saturated rings. The third-order valence-electron chi connectivity index (χ3n) is 5.24. The number of rotatable bonds is 4. The Kier molecular flexibility index (Phi) is 5.31. The Balaban J connectivity index is 1.47. The molecule has 4 rings (SSSR count). The zero-order valence-electron chi connectivity index (χ0n) is 16.1. The molecule has 0 radical (unpaired) electrons. The normalized spacial score (nSPS) is 15.9. The number of halogens is 1. The van der Waals surface area contributed by atoms with E-state index in [0.717, 1.165) is 36.3 Å². The fourth-order valence-electron chi connectivity index (χ4n) is 3.64. The number of benzene rings is 2. The summed E-state index contributed by atoms with van der Waals surface area (Å²) in [6.07, 6.45) is 2.96. The monoisotopic (exact) mass is 410 g/mol. The number of likely N-dealkylation sites (tertiary alicyclic amines) is 1. The van der Waals surface area contributed by atoms with Gasteiger partial charge in [-0.2, -0.15) is 0 Å². The molecule has 3 amide bonds. The van der Waals surface area contributed by atoms with E-state index in [-0.39, 0.29) is 34.9 Å². The summed E-state index contributed by atoms with van der Waals surface area (Å²) >= 11 is 0. The van der Waals surface area contributed by atoms with Gasteiger partial charge in [-0.25, -0.2) is 14.1 Å². The van der Waals surface area contributed by atoms with E-state index in [1.54, 1.807) is 4.90 Å². The van der Waals surface area contributed by atoms with E-state index in [1.807, 2.05) is 0 Å². The van der Waals surface area contributed by atoms with Gasteiger partial charge >= 0.3 is 5.97 Å². The Labute approximate surface area is 172 Å². The summed E-state index contributed by atoms with van der Waals surface area (Å²) in [6, 6.07) is 9.01. The topological polar surface area (TPSA) is 84.0 Å². The third kappa shape index (κ3) is 3.68. The minimum absolute atomic E-state index is 0.0566. The molecule has 2 aliphatic heterocycles. The zero-order valence-corrected chi connectivity index (χ0v) is 16.1. The summed E-state index contributed by atoms with van der Waals surface area (Å²) in [6.45, 7) is 0.945. The summed E-state index contributed by atoms with van der Waals surface area (Å²) in [4.78, 5) is 52.5. The molecule has 8 heteroatoms. The number of hydrogen-bond acceptors (Lipinski definition) is 5. The number of imide groups is 1.